The van der Waals surface area contributed by atoms with Crippen molar-refractivity contribution >= 4 is 12.2 Å². The third-order valence-electron chi connectivity index (χ3n) is 1.61. The van der Waals surface area contributed by atoms with Crippen molar-refractivity contribution in [3.8, 4) is 5.75 Å². The number of carbonyl (C=O) groups is 2. The molecule has 86 valence electrons. The van der Waals surface area contributed by atoms with Gasteiger partial charge in [0, 0.05) is 0 Å². The highest BCUT2D eigenvalue weighted by atomic mass is 16.6. The molecule has 1 aromatic carbocycles. The highest BCUT2D eigenvalue weighted by Gasteiger charge is 2.20. The third-order valence-corrected chi connectivity index (χ3v) is 1.61. The number of hydrogen-bond acceptors (Lipinski definition) is 5. The lowest BCUT2D eigenvalue weighted by Gasteiger charge is -2.13. The number of rotatable bonds is 2. The summed E-state index contributed by atoms with van der Waals surface area (Å²) in [6.07, 6.45) is -1.95. The molecular weight excluding hydrogens is 212 g/mol. The van der Waals surface area contributed by atoms with E-state index in [1.165, 1.54) is 0 Å². The van der Waals surface area contributed by atoms with E-state index in [-0.39, 0.29) is 11.6 Å². The molecular formula is C10H12N2O4. The van der Waals surface area contributed by atoms with Gasteiger partial charge >= 0.3 is 12.2 Å². The molecule has 0 spiro atoms. The quantitative estimate of drug-likeness (QED) is 0.468. The van der Waals surface area contributed by atoms with E-state index in [1.807, 2.05) is 0 Å². The number of para-hydroxylation sites is 1. The second kappa shape index (κ2) is 5.72. The molecule has 0 bridgehead atoms. The molecule has 0 saturated carbocycles. The summed E-state index contributed by atoms with van der Waals surface area (Å²) >= 11 is 0. The summed E-state index contributed by atoms with van der Waals surface area (Å²) in [6, 6.07) is 8.28. The largest absolute Gasteiger partial charge is 0.448 e. The Morgan fingerprint density at radius 3 is 2.44 bits per heavy atom. The molecule has 0 atom stereocenters. The van der Waals surface area contributed by atoms with Gasteiger partial charge in [0.2, 0.25) is 0 Å². The first-order valence-electron chi connectivity index (χ1n) is 4.63. The van der Waals surface area contributed by atoms with Crippen LogP contribution in [0.2, 0.25) is 0 Å². The fourth-order valence-corrected chi connectivity index (χ4v) is 0.906. The average Bonchev–Trinajstić information content (AvgIpc) is 2.29. The van der Waals surface area contributed by atoms with Crippen molar-refractivity contribution in [2.45, 2.75) is 6.92 Å². The van der Waals surface area contributed by atoms with E-state index in [1.54, 1.807) is 37.3 Å². The van der Waals surface area contributed by atoms with Crippen molar-refractivity contribution < 1.29 is 19.1 Å². The highest BCUT2D eigenvalue weighted by molar-refractivity contribution is 5.87. The van der Waals surface area contributed by atoms with Crippen molar-refractivity contribution in [3.05, 3.63) is 30.3 Å². The predicted octanol–water partition coefficient (Wildman–Crippen LogP) is 1.52. The first kappa shape index (κ1) is 12.0. The standard InChI is InChI=1S/C10H12N2O4/c1-2-15-9(13)12(11)10(14)16-8-6-4-3-5-7-8/h3-7H,2,11H2,1H3. The van der Waals surface area contributed by atoms with Crippen LogP contribution in [-0.4, -0.2) is 23.8 Å². The molecule has 6 heteroatoms. The maximum absolute atomic E-state index is 11.3. The molecule has 0 saturated heterocycles. The van der Waals surface area contributed by atoms with E-state index in [2.05, 4.69) is 4.74 Å². The van der Waals surface area contributed by atoms with Crippen molar-refractivity contribution in [3.63, 3.8) is 0 Å². The monoisotopic (exact) mass is 224 g/mol. The van der Waals surface area contributed by atoms with Crippen LogP contribution in [0.5, 0.6) is 5.75 Å². The number of ether oxygens (including phenoxy) is 2. The minimum atomic E-state index is -0.996. The number of nitrogens with two attached hydrogens (primary N) is 1. The van der Waals surface area contributed by atoms with E-state index in [4.69, 9.17) is 10.6 Å². The normalized spacial score (nSPS) is 9.38. The highest BCUT2D eigenvalue weighted by Crippen LogP contribution is 2.09. The molecule has 2 N–H and O–H groups in total. The number of imide groups is 1. The number of nitrogens with zero attached hydrogens (tertiary/aromatic N) is 1. The SMILES string of the molecule is CCOC(=O)N(N)C(=O)Oc1ccccc1. The van der Waals surface area contributed by atoms with Crippen LogP contribution in [0.25, 0.3) is 0 Å². The van der Waals surface area contributed by atoms with E-state index in [0.717, 1.165) is 0 Å². The molecule has 16 heavy (non-hydrogen) atoms. The number of carbonyl (C=O) groups excluding carboxylic acids is 2. The number of amides is 2. The molecule has 0 radical (unpaired) electrons. The number of hydrazine groups is 1. The van der Waals surface area contributed by atoms with Gasteiger partial charge in [-0.1, -0.05) is 18.2 Å². The van der Waals surface area contributed by atoms with Crippen LogP contribution in [-0.2, 0) is 4.74 Å². The number of benzene rings is 1. The Labute approximate surface area is 92.5 Å². The summed E-state index contributed by atoms with van der Waals surface area (Å²) < 4.78 is 9.33. The van der Waals surface area contributed by atoms with Gasteiger partial charge in [-0.25, -0.2) is 15.4 Å². The van der Waals surface area contributed by atoms with E-state index in [0.29, 0.717) is 5.75 Å². The van der Waals surface area contributed by atoms with Crippen molar-refractivity contribution in [2.24, 2.45) is 5.84 Å². The lowest BCUT2D eigenvalue weighted by Crippen LogP contribution is -2.44. The summed E-state index contributed by atoms with van der Waals surface area (Å²) in [5, 5.41) is 0.274. The van der Waals surface area contributed by atoms with Gasteiger partial charge in [0.1, 0.15) is 5.75 Å². The minimum Gasteiger partial charge on any atom is -0.448 e. The molecule has 0 aliphatic heterocycles. The van der Waals surface area contributed by atoms with Gasteiger partial charge in [0.25, 0.3) is 0 Å². The van der Waals surface area contributed by atoms with Gasteiger partial charge in [-0.15, -0.1) is 5.01 Å². The Balaban J connectivity index is 2.56. The van der Waals surface area contributed by atoms with Crippen LogP contribution < -0.4 is 10.6 Å². The summed E-state index contributed by atoms with van der Waals surface area (Å²) in [6.45, 7) is 1.74. The second-order valence-electron chi connectivity index (χ2n) is 2.75. The zero-order valence-electron chi connectivity index (χ0n) is 8.75. The smallest absolute Gasteiger partial charge is 0.439 e. The molecule has 0 aromatic heterocycles. The molecule has 0 unspecified atom stereocenters. The van der Waals surface area contributed by atoms with Crippen LogP contribution in [0.4, 0.5) is 9.59 Å². The summed E-state index contributed by atoms with van der Waals surface area (Å²) in [4.78, 5) is 22.4. The molecule has 1 aromatic rings. The lowest BCUT2D eigenvalue weighted by molar-refractivity contribution is 0.101. The topological polar surface area (TPSA) is 81.9 Å². The van der Waals surface area contributed by atoms with Gasteiger partial charge < -0.3 is 9.47 Å². The molecule has 0 heterocycles. The zero-order valence-corrected chi connectivity index (χ0v) is 8.75. The second-order valence-corrected chi connectivity index (χ2v) is 2.75. The summed E-state index contributed by atoms with van der Waals surface area (Å²) in [7, 11) is 0. The fourth-order valence-electron chi connectivity index (χ4n) is 0.906. The Morgan fingerprint density at radius 2 is 1.88 bits per heavy atom. The van der Waals surface area contributed by atoms with Gasteiger partial charge in [0.05, 0.1) is 6.61 Å². The Bertz CT molecular complexity index is 366. The molecule has 2 amide bonds. The molecule has 0 fully saturated rings. The van der Waals surface area contributed by atoms with Gasteiger partial charge in [-0.3, -0.25) is 0 Å². The lowest BCUT2D eigenvalue weighted by atomic mass is 10.3. The van der Waals surface area contributed by atoms with Crippen LogP contribution in [0, 0.1) is 0 Å². The first-order valence-corrected chi connectivity index (χ1v) is 4.63. The molecule has 0 aliphatic carbocycles. The Kier molecular flexibility index (Phi) is 4.28. The Hall–Kier alpha value is -2.08. The Morgan fingerprint density at radius 1 is 1.25 bits per heavy atom. The van der Waals surface area contributed by atoms with Crippen LogP contribution >= 0.6 is 0 Å². The maximum Gasteiger partial charge on any atom is 0.439 e. The minimum absolute atomic E-state index is 0.130. The molecule has 6 nitrogen and oxygen atoms in total. The first-order chi connectivity index (χ1) is 7.65. The van der Waals surface area contributed by atoms with E-state index in [9.17, 15) is 9.59 Å². The summed E-state index contributed by atoms with van der Waals surface area (Å²) in [5.41, 5.74) is 0. The van der Waals surface area contributed by atoms with Gasteiger partial charge in [0.15, 0.2) is 0 Å². The maximum atomic E-state index is 11.3. The van der Waals surface area contributed by atoms with Crippen molar-refractivity contribution in [1.82, 2.24) is 5.01 Å². The third kappa shape index (κ3) is 3.25. The molecule has 0 aliphatic rings. The van der Waals surface area contributed by atoms with E-state index >= 15 is 0 Å². The summed E-state index contributed by atoms with van der Waals surface area (Å²) in [5.74, 6) is 5.48. The predicted molar refractivity (Wildman–Crippen MR) is 55.5 cm³/mol. The van der Waals surface area contributed by atoms with Gasteiger partial charge in [-0.2, -0.15) is 0 Å². The fraction of sp³-hybridized carbons (Fsp3) is 0.200. The van der Waals surface area contributed by atoms with Crippen LogP contribution in [0.3, 0.4) is 0 Å². The van der Waals surface area contributed by atoms with Crippen LogP contribution in [0.1, 0.15) is 6.92 Å². The zero-order chi connectivity index (χ0) is 12.0. The number of hydrogen-bond donors (Lipinski definition) is 1. The average molecular weight is 224 g/mol. The van der Waals surface area contributed by atoms with Crippen LogP contribution in [0.15, 0.2) is 30.3 Å². The van der Waals surface area contributed by atoms with Crippen molar-refractivity contribution in [2.75, 3.05) is 6.61 Å². The molecule has 1 rings (SSSR count). The van der Waals surface area contributed by atoms with Crippen molar-refractivity contribution in [1.29, 1.82) is 0 Å². The van der Waals surface area contributed by atoms with Gasteiger partial charge in [-0.05, 0) is 19.1 Å². The van der Waals surface area contributed by atoms with E-state index < -0.39 is 12.2 Å².